The number of carbonyl (C=O) groups excluding carboxylic acids is 2. The molecule has 2 amide bonds. The van der Waals surface area contributed by atoms with E-state index in [2.05, 4.69) is 16.2 Å². The molecule has 192 valence electrons. The molecular weight excluding hydrogens is 488 g/mol. The Labute approximate surface area is 221 Å². The van der Waals surface area contributed by atoms with Crippen molar-refractivity contribution in [3.63, 3.8) is 0 Å². The molecule has 0 spiro atoms. The number of amides is 2. The number of rotatable bonds is 7. The molecule has 1 aliphatic heterocycles. The highest BCUT2D eigenvalue weighted by atomic mass is 32.2. The third kappa shape index (κ3) is 6.15. The summed E-state index contributed by atoms with van der Waals surface area (Å²) in [6.07, 6.45) is 1.96. The molecule has 1 unspecified atom stereocenters. The smallest absolute Gasteiger partial charge is 0.407 e. The van der Waals surface area contributed by atoms with Gasteiger partial charge in [-0.15, -0.1) is 0 Å². The average Bonchev–Trinajstić information content (AvgIpc) is 3.58. The van der Waals surface area contributed by atoms with Crippen LogP contribution in [0.5, 0.6) is 0 Å². The van der Waals surface area contributed by atoms with Gasteiger partial charge < -0.3 is 20.7 Å². The number of hydrogen-bond acceptors (Lipinski definition) is 7. The number of hydrogen-bond donors (Lipinski definition) is 2. The van der Waals surface area contributed by atoms with Crippen LogP contribution in [0.1, 0.15) is 67.9 Å². The van der Waals surface area contributed by atoms with Gasteiger partial charge in [0.2, 0.25) is 11.6 Å². The molecule has 1 aromatic heterocycles. The van der Waals surface area contributed by atoms with Gasteiger partial charge in [0.1, 0.15) is 27.8 Å². The Morgan fingerprint density at radius 2 is 2.00 bits per heavy atom. The summed E-state index contributed by atoms with van der Waals surface area (Å²) >= 11 is 1.14. The minimum Gasteiger partial charge on any atom is -0.444 e. The number of nitrogens with zero attached hydrogens (tertiary/aromatic N) is 4. The van der Waals surface area contributed by atoms with Gasteiger partial charge >= 0.3 is 6.09 Å². The minimum absolute atomic E-state index is 0.113. The fourth-order valence-corrected chi connectivity index (χ4v) is 5.47. The molecular formula is C27H30N6O3S. The number of pyridine rings is 1. The van der Waals surface area contributed by atoms with Gasteiger partial charge in [0.15, 0.2) is 0 Å². The summed E-state index contributed by atoms with van der Waals surface area (Å²) < 4.78 is 5.39. The molecule has 2 fully saturated rings. The minimum atomic E-state index is -0.736. The first-order chi connectivity index (χ1) is 17.6. The van der Waals surface area contributed by atoms with E-state index in [0.29, 0.717) is 47.2 Å². The Morgan fingerprint density at radius 1 is 1.30 bits per heavy atom. The van der Waals surface area contributed by atoms with Crippen molar-refractivity contribution in [1.82, 2.24) is 10.3 Å². The lowest BCUT2D eigenvalue weighted by molar-refractivity contribution is -0.117. The van der Waals surface area contributed by atoms with Crippen molar-refractivity contribution in [3.8, 4) is 6.07 Å². The van der Waals surface area contributed by atoms with Crippen LogP contribution >= 0.6 is 11.8 Å². The van der Waals surface area contributed by atoms with Gasteiger partial charge in [0.05, 0.1) is 18.2 Å². The second-order valence-electron chi connectivity index (χ2n) is 10.3. The van der Waals surface area contributed by atoms with Gasteiger partial charge in [-0.05, 0) is 57.1 Å². The molecule has 0 radical (unpaired) electrons. The largest absolute Gasteiger partial charge is 0.444 e. The highest BCUT2D eigenvalue weighted by molar-refractivity contribution is 8.00. The molecule has 10 heteroatoms. The number of benzene rings is 1. The van der Waals surface area contributed by atoms with Crippen LogP contribution < -0.4 is 16.0 Å². The number of nitrogens with two attached hydrogens (primary N) is 1. The van der Waals surface area contributed by atoms with Crippen molar-refractivity contribution >= 4 is 35.3 Å². The quantitative estimate of drug-likeness (QED) is 0.398. The number of anilines is 1. The first-order valence-corrected chi connectivity index (χ1v) is 13.1. The maximum absolute atomic E-state index is 12.4. The van der Waals surface area contributed by atoms with Gasteiger partial charge in [0, 0.05) is 13.1 Å². The van der Waals surface area contributed by atoms with Gasteiger partial charge in [-0.25, -0.2) is 14.6 Å². The van der Waals surface area contributed by atoms with Crippen molar-refractivity contribution in [2.75, 3.05) is 18.0 Å². The summed E-state index contributed by atoms with van der Waals surface area (Å²) in [7, 11) is 0. The molecule has 2 aromatic rings. The fourth-order valence-electron chi connectivity index (χ4n) is 4.43. The molecule has 1 saturated heterocycles. The van der Waals surface area contributed by atoms with E-state index in [9.17, 15) is 14.9 Å². The lowest BCUT2D eigenvalue weighted by atomic mass is 10.0. The molecule has 0 bridgehead atoms. The van der Waals surface area contributed by atoms with Crippen LogP contribution in [0.15, 0.2) is 35.4 Å². The van der Waals surface area contributed by atoms with Crippen molar-refractivity contribution in [3.05, 3.63) is 58.4 Å². The van der Waals surface area contributed by atoms with Crippen molar-refractivity contribution in [2.45, 2.75) is 67.9 Å². The van der Waals surface area contributed by atoms with Crippen LogP contribution in [0.25, 0.3) is 4.85 Å². The van der Waals surface area contributed by atoms with Crippen LogP contribution in [0.4, 0.5) is 16.3 Å². The normalized spacial score (nSPS) is 18.0. The zero-order valence-electron chi connectivity index (χ0n) is 21.2. The summed E-state index contributed by atoms with van der Waals surface area (Å²) in [4.78, 5) is 35.3. The zero-order valence-corrected chi connectivity index (χ0v) is 22.0. The molecule has 1 saturated carbocycles. The maximum Gasteiger partial charge on any atom is 0.407 e. The van der Waals surface area contributed by atoms with Gasteiger partial charge in [-0.1, -0.05) is 42.1 Å². The first kappa shape index (κ1) is 26.3. The molecule has 37 heavy (non-hydrogen) atoms. The van der Waals surface area contributed by atoms with E-state index in [-0.39, 0.29) is 12.0 Å². The summed E-state index contributed by atoms with van der Waals surface area (Å²) in [5.74, 6) is 0.0542. The predicted molar refractivity (Wildman–Crippen MR) is 141 cm³/mol. The highest BCUT2D eigenvalue weighted by Gasteiger charge is 2.37. The second-order valence-corrected chi connectivity index (χ2v) is 11.4. The Morgan fingerprint density at radius 3 is 2.57 bits per heavy atom. The molecule has 4 rings (SSSR count). The lowest BCUT2D eigenvalue weighted by Crippen LogP contribution is -2.40. The van der Waals surface area contributed by atoms with Gasteiger partial charge in [-0.2, -0.15) is 5.26 Å². The van der Waals surface area contributed by atoms with Crippen LogP contribution in [0, 0.1) is 17.9 Å². The second kappa shape index (κ2) is 10.7. The molecule has 1 aromatic carbocycles. The molecule has 2 atom stereocenters. The SMILES string of the molecule is [C-]#[N+]c1c(N2CC[C@H](NC(=O)OC(C)(C)C)C2)nc(SC(C(N)=O)c2ccccc2)c(C#N)c1C1CC1. The summed E-state index contributed by atoms with van der Waals surface area (Å²) in [6, 6.07) is 11.2. The van der Waals surface area contributed by atoms with E-state index in [0.717, 1.165) is 30.2 Å². The summed E-state index contributed by atoms with van der Waals surface area (Å²) in [5, 5.41) is 12.7. The topological polar surface area (TPSA) is 126 Å². The van der Waals surface area contributed by atoms with E-state index >= 15 is 0 Å². The molecule has 3 N–H and O–H groups in total. The third-order valence-corrected chi connectivity index (χ3v) is 7.42. The van der Waals surface area contributed by atoms with E-state index in [1.54, 1.807) is 0 Å². The first-order valence-electron chi connectivity index (χ1n) is 12.2. The number of ether oxygens (including phenoxy) is 1. The number of carbonyl (C=O) groups is 2. The van der Waals surface area contributed by atoms with Gasteiger partial charge in [0.25, 0.3) is 0 Å². The Kier molecular flexibility index (Phi) is 7.60. The lowest BCUT2D eigenvalue weighted by Gasteiger charge is -2.24. The fraction of sp³-hybridized carbons (Fsp3) is 0.444. The van der Waals surface area contributed by atoms with Gasteiger partial charge in [-0.3, -0.25) is 4.79 Å². The number of nitrogens with one attached hydrogen (secondary N) is 1. The monoisotopic (exact) mass is 518 g/mol. The average molecular weight is 519 g/mol. The van der Waals surface area contributed by atoms with E-state index in [1.165, 1.54) is 0 Å². The van der Waals surface area contributed by atoms with E-state index in [1.807, 2.05) is 56.0 Å². The number of aromatic nitrogens is 1. The highest BCUT2D eigenvalue weighted by Crippen LogP contribution is 2.51. The van der Waals surface area contributed by atoms with E-state index < -0.39 is 22.9 Å². The molecule has 2 aliphatic rings. The predicted octanol–water partition coefficient (Wildman–Crippen LogP) is 4.80. The Balaban J connectivity index is 1.69. The molecule has 1 aliphatic carbocycles. The van der Waals surface area contributed by atoms with Crippen LogP contribution in [-0.2, 0) is 9.53 Å². The standard InChI is InChI=1S/C27H30N6O3S/c1-27(2,3)36-26(35)31-18-12-13-33(15-18)24-21(30-4)20(16-10-11-16)19(14-28)25(32-24)37-22(23(29)34)17-8-6-5-7-9-17/h5-9,16,18,22H,10-13,15H2,1-3H3,(H2,29,34)(H,31,35)/t18-,22?/m0/s1. The van der Waals surface area contributed by atoms with Crippen LogP contribution in [0.3, 0.4) is 0 Å². The third-order valence-electron chi connectivity index (χ3n) is 6.17. The van der Waals surface area contributed by atoms with E-state index in [4.69, 9.17) is 22.0 Å². The molecule has 2 heterocycles. The van der Waals surface area contributed by atoms with Crippen molar-refractivity contribution in [1.29, 1.82) is 5.26 Å². The Bertz CT molecular complexity index is 1270. The zero-order chi connectivity index (χ0) is 26.7. The Hall–Kier alpha value is -3.76. The summed E-state index contributed by atoms with van der Waals surface area (Å²) in [5.41, 5.74) is 7.29. The van der Waals surface area contributed by atoms with Crippen molar-refractivity contribution < 1.29 is 14.3 Å². The maximum atomic E-state index is 12.4. The van der Waals surface area contributed by atoms with Crippen LogP contribution in [-0.4, -0.2) is 41.7 Å². The number of nitriles is 1. The number of alkyl carbamates (subject to hydrolysis) is 1. The summed E-state index contributed by atoms with van der Waals surface area (Å²) in [6.45, 7) is 14.4. The number of thioether (sulfide) groups is 1. The molecule has 9 nitrogen and oxygen atoms in total. The van der Waals surface area contributed by atoms with Crippen molar-refractivity contribution in [2.24, 2.45) is 5.73 Å². The van der Waals surface area contributed by atoms with Crippen LogP contribution in [0.2, 0.25) is 0 Å². The number of primary amides is 1.